The van der Waals surface area contributed by atoms with Crippen LogP contribution in [0.25, 0.3) is 0 Å². The Bertz CT molecular complexity index is 380. The van der Waals surface area contributed by atoms with E-state index in [0.717, 1.165) is 31.5 Å². The quantitative estimate of drug-likeness (QED) is 0.736. The van der Waals surface area contributed by atoms with Crippen molar-refractivity contribution >= 4 is 0 Å². The average molecular weight is 257 g/mol. The van der Waals surface area contributed by atoms with E-state index in [9.17, 15) is 8.78 Å². The standard InChI is InChI=1S/C14H21F2NO/c1-14(2,10-17-7-3-4-8-18)12-9-11(15)5-6-13(12)16/h5-6,9,17-18H,3-4,7-8,10H2,1-2H3. The largest absolute Gasteiger partial charge is 0.396 e. The molecule has 0 aliphatic heterocycles. The van der Waals surface area contributed by atoms with E-state index < -0.39 is 11.2 Å². The lowest BCUT2D eigenvalue weighted by Gasteiger charge is -2.26. The van der Waals surface area contributed by atoms with Crippen molar-refractivity contribution < 1.29 is 13.9 Å². The molecule has 0 amide bonds. The Hall–Kier alpha value is -1.00. The van der Waals surface area contributed by atoms with Gasteiger partial charge in [0.25, 0.3) is 0 Å². The van der Waals surface area contributed by atoms with Gasteiger partial charge in [0.15, 0.2) is 0 Å². The topological polar surface area (TPSA) is 32.3 Å². The van der Waals surface area contributed by atoms with E-state index in [2.05, 4.69) is 5.32 Å². The predicted molar refractivity (Wildman–Crippen MR) is 68.6 cm³/mol. The van der Waals surface area contributed by atoms with E-state index in [1.807, 2.05) is 13.8 Å². The summed E-state index contributed by atoms with van der Waals surface area (Å²) in [5.41, 5.74) is -0.0806. The minimum absolute atomic E-state index is 0.184. The molecule has 1 aromatic carbocycles. The highest BCUT2D eigenvalue weighted by Crippen LogP contribution is 2.25. The Kier molecular flexibility index (Phi) is 5.69. The molecule has 0 saturated carbocycles. The number of rotatable bonds is 7. The first-order valence-corrected chi connectivity index (χ1v) is 6.24. The highest BCUT2D eigenvalue weighted by molar-refractivity contribution is 5.26. The van der Waals surface area contributed by atoms with Crippen molar-refractivity contribution in [2.75, 3.05) is 19.7 Å². The molecule has 0 aromatic heterocycles. The number of aliphatic hydroxyl groups is 1. The van der Waals surface area contributed by atoms with Gasteiger partial charge in [-0.25, -0.2) is 8.78 Å². The van der Waals surface area contributed by atoms with Crippen LogP contribution in [0.2, 0.25) is 0 Å². The Labute approximate surface area is 107 Å². The lowest BCUT2D eigenvalue weighted by Crippen LogP contribution is -2.34. The normalized spacial score (nSPS) is 11.8. The maximum absolute atomic E-state index is 13.7. The zero-order chi connectivity index (χ0) is 13.6. The summed E-state index contributed by atoms with van der Waals surface area (Å²) in [4.78, 5) is 0. The highest BCUT2D eigenvalue weighted by atomic mass is 19.1. The van der Waals surface area contributed by atoms with Crippen molar-refractivity contribution in [1.82, 2.24) is 5.32 Å². The van der Waals surface area contributed by atoms with E-state index in [1.165, 1.54) is 6.07 Å². The second-order valence-electron chi connectivity index (χ2n) is 5.12. The van der Waals surface area contributed by atoms with Crippen molar-refractivity contribution in [3.63, 3.8) is 0 Å². The second kappa shape index (κ2) is 6.81. The van der Waals surface area contributed by atoms with E-state index >= 15 is 0 Å². The first-order chi connectivity index (χ1) is 8.47. The van der Waals surface area contributed by atoms with Crippen molar-refractivity contribution in [1.29, 1.82) is 0 Å². The minimum Gasteiger partial charge on any atom is -0.396 e. The van der Waals surface area contributed by atoms with Gasteiger partial charge in [0, 0.05) is 18.6 Å². The zero-order valence-corrected chi connectivity index (χ0v) is 11.0. The maximum Gasteiger partial charge on any atom is 0.127 e. The molecule has 1 aromatic rings. The Morgan fingerprint density at radius 2 is 1.94 bits per heavy atom. The second-order valence-corrected chi connectivity index (χ2v) is 5.12. The fourth-order valence-electron chi connectivity index (χ4n) is 1.87. The van der Waals surface area contributed by atoms with Gasteiger partial charge in [-0.1, -0.05) is 13.8 Å². The van der Waals surface area contributed by atoms with Crippen LogP contribution in [-0.4, -0.2) is 24.8 Å². The molecule has 0 atom stereocenters. The number of nitrogens with one attached hydrogen (secondary N) is 1. The number of aliphatic hydroxyl groups excluding tert-OH is 1. The monoisotopic (exact) mass is 257 g/mol. The lowest BCUT2D eigenvalue weighted by molar-refractivity contribution is 0.283. The van der Waals surface area contributed by atoms with Gasteiger partial charge < -0.3 is 10.4 Å². The molecule has 0 fully saturated rings. The molecule has 0 bridgehead atoms. The number of unbranched alkanes of at least 4 members (excludes halogenated alkanes) is 1. The predicted octanol–water partition coefficient (Wildman–Crippen LogP) is 2.60. The van der Waals surface area contributed by atoms with Crippen LogP contribution in [0, 0.1) is 11.6 Å². The van der Waals surface area contributed by atoms with Gasteiger partial charge in [0.2, 0.25) is 0 Å². The van der Waals surface area contributed by atoms with Crippen LogP contribution in [0.15, 0.2) is 18.2 Å². The summed E-state index contributed by atoms with van der Waals surface area (Å²) in [5.74, 6) is -0.793. The van der Waals surface area contributed by atoms with E-state index in [4.69, 9.17) is 5.11 Å². The molecule has 0 radical (unpaired) electrons. The molecule has 102 valence electrons. The third kappa shape index (κ3) is 4.35. The Balaban J connectivity index is 2.59. The van der Waals surface area contributed by atoms with Crippen molar-refractivity contribution in [2.24, 2.45) is 0 Å². The van der Waals surface area contributed by atoms with Gasteiger partial charge in [-0.3, -0.25) is 0 Å². The molecule has 2 nitrogen and oxygen atoms in total. The van der Waals surface area contributed by atoms with Crippen LogP contribution in [0.1, 0.15) is 32.3 Å². The van der Waals surface area contributed by atoms with Crippen LogP contribution in [0.4, 0.5) is 8.78 Å². The summed E-state index contributed by atoms with van der Waals surface area (Å²) < 4.78 is 26.8. The van der Waals surface area contributed by atoms with Gasteiger partial charge in [0.1, 0.15) is 11.6 Å². The SMILES string of the molecule is CC(C)(CNCCCCO)c1cc(F)ccc1F. The average Bonchev–Trinajstić information content (AvgIpc) is 2.32. The molecule has 0 saturated heterocycles. The van der Waals surface area contributed by atoms with Gasteiger partial charge >= 0.3 is 0 Å². The third-order valence-corrected chi connectivity index (χ3v) is 2.99. The van der Waals surface area contributed by atoms with Crippen molar-refractivity contribution in [3.8, 4) is 0 Å². The molecule has 4 heteroatoms. The summed E-state index contributed by atoms with van der Waals surface area (Å²) in [7, 11) is 0. The van der Waals surface area contributed by atoms with Crippen LogP contribution in [-0.2, 0) is 5.41 Å². The summed E-state index contributed by atoms with van der Waals surface area (Å²) >= 11 is 0. The third-order valence-electron chi connectivity index (χ3n) is 2.99. The van der Waals surface area contributed by atoms with Crippen LogP contribution >= 0.6 is 0 Å². The number of hydrogen-bond donors (Lipinski definition) is 2. The first-order valence-electron chi connectivity index (χ1n) is 6.24. The van der Waals surface area contributed by atoms with E-state index in [-0.39, 0.29) is 12.4 Å². The summed E-state index contributed by atoms with van der Waals surface area (Å²) in [6, 6.07) is 3.55. The van der Waals surface area contributed by atoms with Gasteiger partial charge in [0.05, 0.1) is 0 Å². The number of hydrogen-bond acceptors (Lipinski definition) is 2. The summed E-state index contributed by atoms with van der Waals surface area (Å²) in [5, 5.41) is 11.9. The van der Waals surface area contributed by atoms with E-state index in [0.29, 0.717) is 12.1 Å². The summed E-state index contributed by atoms with van der Waals surface area (Å²) in [6.45, 7) is 5.27. The highest BCUT2D eigenvalue weighted by Gasteiger charge is 2.24. The Morgan fingerprint density at radius 3 is 2.61 bits per heavy atom. The number of halogens is 2. The summed E-state index contributed by atoms with van der Waals surface area (Å²) in [6.07, 6.45) is 1.62. The molecule has 18 heavy (non-hydrogen) atoms. The molecule has 0 heterocycles. The van der Waals surface area contributed by atoms with Gasteiger partial charge in [-0.15, -0.1) is 0 Å². The molecule has 0 spiro atoms. The van der Waals surface area contributed by atoms with Crippen LogP contribution in [0.3, 0.4) is 0 Å². The molecular weight excluding hydrogens is 236 g/mol. The van der Waals surface area contributed by atoms with Gasteiger partial charge in [-0.05, 0) is 43.1 Å². The zero-order valence-electron chi connectivity index (χ0n) is 11.0. The maximum atomic E-state index is 13.7. The van der Waals surface area contributed by atoms with Crippen LogP contribution in [0.5, 0.6) is 0 Å². The van der Waals surface area contributed by atoms with Crippen LogP contribution < -0.4 is 5.32 Å². The minimum atomic E-state index is -0.467. The molecule has 1 rings (SSSR count). The fourth-order valence-corrected chi connectivity index (χ4v) is 1.87. The Morgan fingerprint density at radius 1 is 1.22 bits per heavy atom. The van der Waals surface area contributed by atoms with Gasteiger partial charge in [-0.2, -0.15) is 0 Å². The first kappa shape index (κ1) is 15.1. The lowest BCUT2D eigenvalue weighted by atomic mass is 9.84. The van der Waals surface area contributed by atoms with E-state index in [1.54, 1.807) is 0 Å². The van der Waals surface area contributed by atoms with Crippen molar-refractivity contribution in [2.45, 2.75) is 32.1 Å². The molecular formula is C14H21F2NO. The molecule has 0 unspecified atom stereocenters. The molecule has 2 N–H and O–H groups in total. The smallest absolute Gasteiger partial charge is 0.127 e. The molecule has 0 aliphatic rings. The number of benzene rings is 1. The fraction of sp³-hybridized carbons (Fsp3) is 0.571. The van der Waals surface area contributed by atoms with Crippen molar-refractivity contribution in [3.05, 3.63) is 35.4 Å². The molecule has 0 aliphatic carbocycles.